The standard InChI is InChI=1S/C18H21N3O5/c1-2-26-17(23)15-16(12-6-4-3-5-7-12)21(11-19-15)13-10-20(18(24)25)9-8-14(13)22/h3-7,11,13-14,22H,2,8-10H2,1H3,(H,24,25)/t13-,14-/m1/s1. The van der Waals surface area contributed by atoms with E-state index >= 15 is 0 Å². The number of amides is 1. The van der Waals surface area contributed by atoms with Gasteiger partial charge in [-0.1, -0.05) is 30.3 Å². The van der Waals surface area contributed by atoms with Gasteiger partial charge in [0.1, 0.15) is 0 Å². The van der Waals surface area contributed by atoms with Gasteiger partial charge < -0.3 is 24.4 Å². The van der Waals surface area contributed by atoms with Crippen LogP contribution in [-0.4, -0.2) is 62.5 Å². The summed E-state index contributed by atoms with van der Waals surface area (Å²) in [5, 5.41) is 19.7. The maximum absolute atomic E-state index is 12.3. The molecule has 138 valence electrons. The van der Waals surface area contributed by atoms with Gasteiger partial charge in [-0.2, -0.15) is 0 Å². The third-order valence-electron chi connectivity index (χ3n) is 4.48. The Morgan fingerprint density at radius 2 is 2.04 bits per heavy atom. The average Bonchev–Trinajstić information content (AvgIpc) is 3.07. The van der Waals surface area contributed by atoms with Gasteiger partial charge >= 0.3 is 12.1 Å². The molecular formula is C18H21N3O5. The minimum Gasteiger partial charge on any atom is -0.465 e. The van der Waals surface area contributed by atoms with Crippen LogP contribution in [0.1, 0.15) is 29.9 Å². The Labute approximate surface area is 150 Å². The quantitative estimate of drug-likeness (QED) is 0.809. The van der Waals surface area contributed by atoms with Crippen molar-refractivity contribution in [2.45, 2.75) is 25.5 Å². The van der Waals surface area contributed by atoms with Crippen LogP contribution in [0.3, 0.4) is 0 Å². The van der Waals surface area contributed by atoms with Crippen LogP contribution >= 0.6 is 0 Å². The molecule has 2 aromatic rings. The van der Waals surface area contributed by atoms with Crippen molar-refractivity contribution in [3.63, 3.8) is 0 Å². The number of hydrogen-bond acceptors (Lipinski definition) is 5. The molecule has 1 saturated heterocycles. The highest BCUT2D eigenvalue weighted by Gasteiger charge is 2.34. The molecule has 26 heavy (non-hydrogen) atoms. The molecule has 2 N–H and O–H groups in total. The van der Waals surface area contributed by atoms with Crippen LogP contribution in [-0.2, 0) is 4.74 Å². The van der Waals surface area contributed by atoms with Crippen molar-refractivity contribution in [2.24, 2.45) is 0 Å². The zero-order valence-electron chi connectivity index (χ0n) is 14.4. The fraction of sp³-hybridized carbons (Fsp3) is 0.389. The molecule has 8 heteroatoms. The first-order valence-electron chi connectivity index (χ1n) is 8.48. The lowest BCUT2D eigenvalue weighted by Gasteiger charge is -2.36. The first-order chi connectivity index (χ1) is 12.5. The molecule has 8 nitrogen and oxygen atoms in total. The molecular weight excluding hydrogens is 338 g/mol. The first-order valence-corrected chi connectivity index (χ1v) is 8.48. The molecule has 1 aromatic carbocycles. The minimum absolute atomic E-state index is 0.120. The van der Waals surface area contributed by atoms with Crippen LogP contribution < -0.4 is 0 Å². The largest absolute Gasteiger partial charge is 0.465 e. The number of ether oxygens (including phenoxy) is 1. The van der Waals surface area contributed by atoms with E-state index in [4.69, 9.17) is 4.74 Å². The van der Waals surface area contributed by atoms with Crippen molar-refractivity contribution >= 4 is 12.1 Å². The van der Waals surface area contributed by atoms with Gasteiger partial charge in [0, 0.05) is 18.7 Å². The second-order valence-corrected chi connectivity index (χ2v) is 6.09. The van der Waals surface area contributed by atoms with Crippen LogP contribution in [0.15, 0.2) is 36.7 Å². The van der Waals surface area contributed by atoms with Gasteiger partial charge in [0.15, 0.2) is 5.69 Å². The molecule has 0 spiro atoms. The highest BCUT2D eigenvalue weighted by Crippen LogP contribution is 2.31. The van der Waals surface area contributed by atoms with E-state index in [9.17, 15) is 19.8 Å². The SMILES string of the molecule is CCOC(=O)c1ncn([C@@H]2CN(C(=O)O)CC[C@H]2O)c1-c1ccccc1. The number of aliphatic hydroxyl groups excluding tert-OH is 1. The van der Waals surface area contributed by atoms with Crippen LogP contribution in [0.4, 0.5) is 4.79 Å². The Morgan fingerprint density at radius 1 is 1.31 bits per heavy atom. The summed E-state index contributed by atoms with van der Waals surface area (Å²) in [5.74, 6) is -0.550. The predicted octanol–water partition coefficient (Wildman–Crippen LogP) is 2.01. The summed E-state index contributed by atoms with van der Waals surface area (Å²) in [6.07, 6.45) is 0.0116. The van der Waals surface area contributed by atoms with Crippen molar-refractivity contribution in [3.8, 4) is 11.3 Å². The molecule has 2 heterocycles. The fourth-order valence-electron chi connectivity index (χ4n) is 3.21. The number of carbonyl (C=O) groups excluding carboxylic acids is 1. The van der Waals surface area contributed by atoms with Gasteiger partial charge in [-0.15, -0.1) is 0 Å². The summed E-state index contributed by atoms with van der Waals surface area (Å²) in [4.78, 5) is 29.1. The molecule has 2 atom stereocenters. The van der Waals surface area contributed by atoms with Gasteiger partial charge in [-0.05, 0) is 13.3 Å². The van der Waals surface area contributed by atoms with Gasteiger partial charge in [0.25, 0.3) is 0 Å². The molecule has 1 amide bonds. The predicted molar refractivity (Wildman–Crippen MR) is 92.9 cm³/mol. The molecule has 0 unspecified atom stereocenters. The van der Waals surface area contributed by atoms with Gasteiger partial charge in [-0.25, -0.2) is 14.6 Å². The van der Waals surface area contributed by atoms with Crippen LogP contribution in [0.25, 0.3) is 11.3 Å². The summed E-state index contributed by atoms with van der Waals surface area (Å²) >= 11 is 0. The number of hydrogen-bond donors (Lipinski definition) is 2. The Bertz CT molecular complexity index is 789. The summed E-state index contributed by atoms with van der Waals surface area (Å²) in [7, 11) is 0. The number of aromatic nitrogens is 2. The molecule has 3 rings (SSSR count). The van der Waals surface area contributed by atoms with E-state index < -0.39 is 24.2 Å². The highest BCUT2D eigenvalue weighted by molar-refractivity contribution is 5.94. The Kier molecular flexibility index (Phi) is 5.22. The Morgan fingerprint density at radius 3 is 2.69 bits per heavy atom. The zero-order valence-corrected chi connectivity index (χ0v) is 14.4. The number of rotatable bonds is 4. The van der Waals surface area contributed by atoms with E-state index in [0.717, 1.165) is 5.56 Å². The molecule has 1 fully saturated rings. The molecule has 0 radical (unpaired) electrons. The number of aliphatic hydroxyl groups is 1. The first kappa shape index (κ1) is 17.9. The second-order valence-electron chi connectivity index (χ2n) is 6.09. The molecule has 1 aromatic heterocycles. The number of likely N-dealkylation sites (tertiary alicyclic amines) is 1. The molecule has 1 aliphatic rings. The summed E-state index contributed by atoms with van der Waals surface area (Å²) in [5.41, 5.74) is 1.41. The van der Waals surface area contributed by atoms with E-state index in [1.54, 1.807) is 11.5 Å². The second kappa shape index (κ2) is 7.57. The van der Waals surface area contributed by atoms with Crippen molar-refractivity contribution in [1.82, 2.24) is 14.5 Å². The average molecular weight is 359 g/mol. The summed E-state index contributed by atoms with van der Waals surface area (Å²) in [6, 6.07) is 8.66. The van der Waals surface area contributed by atoms with Gasteiger partial charge in [0.05, 0.1) is 30.8 Å². The molecule has 0 bridgehead atoms. The lowest BCUT2D eigenvalue weighted by atomic mass is 10.0. The van der Waals surface area contributed by atoms with Gasteiger partial charge in [0.2, 0.25) is 0 Å². The Balaban J connectivity index is 2.06. The van der Waals surface area contributed by atoms with Crippen molar-refractivity contribution in [1.29, 1.82) is 0 Å². The van der Waals surface area contributed by atoms with Crippen LogP contribution in [0.5, 0.6) is 0 Å². The third kappa shape index (κ3) is 3.41. The van der Waals surface area contributed by atoms with E-state index in [0.29, 0.717) is 12.1 Å². The van der Waals surface area contributed by atoms with E-state index in [-0.39, 0.29) is 25.4 Å². The molecule has 1 aliphatic heterocycles. The highest BCUT2D eigenvalue weighted by atomic mass is 16.5. The zero-order chi connectivity index (χ0) is 18.7. The smallest absolute Gasteiger partial charge is 0.407 e. The fourth-order valence-corrected chi connectivity index (χ4v) is 3.21. The van der Waals surface area contributed by atoms with Crippen molar-refractivity contribution in [3.05, 3.63) is 42.4 Å². The number of imidazole rings is 1. The number of benzene rings is 1. The Hall–Kier alpha value is -2.87. The summed E-state index contributed by atoms with van der Waals surface area (Å²) in [6.45, 7) is 2.33. The monoisotopic (exact) mass is 359 g/mol. The maximum atomic E-state index is 12.3. The summed E-state index contributed by atoms with van der Waals surface area (Å²) < 4.78 is 6.78. The van der Waals surface area contributed by atoms with Gasteiger partial charge in [-0.3, -0.25) is 0 Å². The maximum Gasteiger partial charge on any atom is 0.407 e. The van der Waals surface area contributed by atoms with Crippen molar-refractivity contribution in [2.75, 3.05) is 19.7 Å². The van der Waals surface area contributed by atoms with E-state index in [1.165, 1.54) is 11.2 Å². The number of piperidine rings is 1. The van der Waals surface area contributed by atoms with E-state index in [2.05, 4.69) is 4.98 Å². The lowest BCUT2D eigenvalue weighted by Crippen LogP contribution is -2.46. The lowest BCUT2D eigenvalue weighted by molar-refractivity contribution is 0.0351. The van der Waals surface area contributed by atoms with Crippen LogP contribution in [0, 0.1) is 0 Å². The molecule has 0 saturated carbocycles. The normalized spacial score (nSPS) is 20.0. The number of carboxylic acid groups (broad SMARTS) is 1. The molecule has 0 aliphatic carbocycles. The van der Waals surface area contributed by atoms with E-state index in [1.807, 2.05) is 30.3 Å². The van der Waals surface area contributed by atoms with Crippen molar-refractivity contribution < 1.29 is 24.5 Å². The topological polar surface area (TPSA) is 105 Å². The number of carbonyl (C=O) groups is 2. The number of nitrogens with zero attached hydrogens (tertiary/aromatic N) is 3. The number of esters is 1. The minimum atomic E-state index is -1.03. The third-order valence-corrected chi connectivity index (χ3v) is 4.48. The van der Waals surface area contributed by atoms with Crippen LogP contribution in [0.2, 0.25) is 0 Å².